The van der Waals surface area contributed by atoms with Crippen LogP contribution in [0.2, 0.25) is 5.02 Å². The van der Waals surface area contributed by atoms with Gasteiger partial charge in [-0.3, -0.25) is 5.32 Å². The molecule has 0 saturated carbocycles. The predicted octanol–water partition coefficient (Wildman–Crippen LogP) is 4.75. The van der Waals surface area contributed by atoms with Crippen molar-refractivity contribution in [2.75, 3.05) is 19.0 Å². The van der Waals surface area contributed by atoms with Crippen LogP contribution in [0.15, 0.2) is 67.3 Å². The zero-order valence-corrected chi connectivity index (χ0v) is 20.1. The average Bonchev–Trinajstić information content (AvgIpc) is 3.40. The largest absolute Gasteiger partial charge is 0.447 e. The van der Waals surface area contributed by atoms with Crippen molar-refractivity contribution in [2.45, 2.75) is 19.0 Å². The summed E-state index contributed by atoms with van der Waals surface area (Å²) in [6.45, 7) is -0.0687. The molecule has 0 aliphatic carbocycles. The topological polar surface area (TPSA) is 112 Å². The van der Waals surface area contributed by atoms with Gasteiger partial charge in [0.15, 0.2) is 0 Å². The summed E-state index contributed by atoms with van der Waals surface area (Å²) in [5.41, 5.74) is 1.13. The van der Waals surface area contributed by atoms with Crippen molar-refractivity contribution >= 4 is 40.3 Å². The Kier molecular flexibility index (Phi) is 7.96. The van der Waals surface area contributed by atoms with E-state index in [0.29, 0.717) is 23.5 Å². The third kappa shape index (κ3) is 6.28. The van der Waals surface area contributed by atoms with E-state index in [9.17, 15) is 14.0 Å². The number of hydrogen-bond acceptors (Lipinski definition) is 5. The van der Waals surface area contributed by atoms with Crippen LogP contribution >= 0.6 is 11.6 Å². The van der Waals surface area contributed by atoms with Gasteiger partial charge in [0.05, 0.1) is 23.1 Å². The van der Waals surface area contributed by atoms with Gasteiger partial charge in [-0.1, -0.05) is 48.0 Å². The van der Waals surface area contributed by atoms with E-state index in [1.807, 2.05) is 24.3 Å². The summed E-state index contributed by atoms with van der Waals surface area (Å²) in [7, 11) is 1.58. The number of imidazole rings is 1. The number of pyridine rings is 1. The zero-order chi connectivity index (χ0) is 25.5. The Morgan fingerprint density at radius 2 is 1.97 bits per heavy atom. The Hall–Kier alpha value is -4.18. The lowest BCUT2D eigenvalue weighted by Gasteiger charge is -2.27. The van der Waals surface area contributed by atoms with E-state index in [0.717, 1.165) is 10.8 Å². The quantitative estimate of drug-likeness (QED) is 0.316. The van der Waals surface area contributed by atoms with Gasteiger partial charge < -0.3 is 19.9 Å². The van der Waals surface area contributed by atoms with Crippen LogP contribution in [0.25, 0.3) is 10.8 Å². The van der Waals surface area contributed by atoms with E-state index in [1.165, 1.54) is 23.4 Å². The number of halogens is 2. The maximum absolute atomic E-state index is 13.7. The van der Waals surface area contributed by atoms with Gasteiger partial charge in [-0.15, -0.1) is 0 Å². The molecule has 2 aromatic heterocycles. The summed E-state index contributed by atoms with van der Waals surface area (Å²) in [6, 6.07) is 12.8. The monoisotopic (exact) mass is 510 g/mol. The molecule has 0 aliphatic rings. The number of carbonyl (C=O) groups excluding carboxylic acids is 2. The molecule has 186 valence electrons. The lowest BCUT2D eigenvalue weighted by molar-refractivity contribution is 0.116. The minimum Gasteiger partial charge on any atom is -0.447 e. The Bertz CT molecular complexity index is 1350. The minimum atomic E-state index is -0.704. The fourth-order valence-corrected chi connectivity index (χ4v) is 3.76. The first-order valence-corrected chi connectivity index (χ1v) is 11.5. The van der Waals surface area contributed by atoms with Crippen molar-refractivity contribution in [1.29, 1.82) is 0 Å². The van der Waals surface area contributed by atoms with Gasteiger partial charge in [-0.05, 0) is 23.1 Å². The second kappa shape index (κ2) is 11.5. The number of rotatable bonds is 8. The molecule has 1 atom stereocenters. The molecule has 0 saturated heterocycles. The van der Waals surface area contributed by atoms with E-state index < -0.39 is 24.0 Å². The number of aromatic amines is 1. The average molecular weight is 511 g/mol. The molecule has 0 aliphatic heterocycles. The highest BCUT2D eigenvalue weighted by atomic mass is 35.5. The number of amides is 3. The van der Waals surface area contributed by atoms with Crippen LogP contribution in [0, 0.1) is 5.82 Å². The molecule has 0 spiro atoms. The van der Waals surface area contributed by atoms with E-state index in [2.05, 4.69) is 25.6 Å². The highest BCUT2D eigenvalue weighted by Gasteiger charge is 2.23. The fourth-order valence-electron chi connectivity index (χ4n) is 3.56. The Morgan fingerprint density at radius 3 is 2.75 bits per heavy atom. The summed E-state index contributed by atoms with van der Waals surface area (Å²) >= 11 is 5.98. The number of H-pyrrole nitrogens is 1. The van der Waals surface area contributed by atoms with Crippen molar-refractivity contribution in [3.8, 4) is 0 Å². The molecule has 0 bridgehead atoms. The second-order valence-electron chi connectivity index (χ2n) is 8.04. The highest BCUT2D eigenvalue weighted by molar-refractivity contribution is 6.31. The Balaban J connectivity index is 1.38. The number of nitrogens with zero attached hydrogens (tertiary/aromatic N) is 3. The standard InChI is InChI=1S/C25H24ClFN6O3/c1-33(24(34)30-12-18-7-4-8-21(27)23(18)26)20(10-19-13-28-15-31-19)14-36-25(35)32-22-9-16-5-2-3-6-17(16)11-29-22/h2-9,11,13,15,20H,10,12,14H2,1H3,(H,28,31)(H,30,34)(H,29,32,35)/t20-/m0/s1. The Morgan fingerprint density at radius 1 is 1.17 bits per heavy atom. The summed E-state index contributed by atoms with van der Waals surface area (Å²) in [5.74, 6) is -0.214. The van der Waals surface area contributed by atoms with Crippen molar-refractivity contribution in [3.63, 3.8) is 0 Å². The molecule has 2 heterocycles. The molecule has 3 amide bonds. The lowest BCUT2D eigenvalue weighted by atomic mass is 10.1. The van der Waals surface area contributed by atoms with Gasteiger partial charge >= 0.3 is 12.1 Å². The smallest absolute Gasteiger partial charge is 0.412 e. The zero-order valence-electron chi connectivity index (χ0n) is 19.4. The number of carbonyl (C=O) groups is 2. The fraction of sp³-hybridized carbons (Fsp3) is 0.200. The van der Waals surface area contributed by atoms with Crippen LogP contribution in [-0.2, 0) is 17.7 Å². The molecule has 0 radical (unpaired) electrons. The molecular weight excluding hydrogens is 487 g/mol. The van der Waals surface area contributed by atoms with E-state index >= 15 is 0 Å². The van der Waals surface area contributed by atoms with Crippen LogP contribution in [0.3, 0.4) is 0 Å². The number of benzene rings is 2. The summed E-state index contributed by atoms with van der Waals surface area (Å²) < 4.78 is 19.1. The number of urea groups is 1. The van der Waals surface area contributed by atoms with Gasteiger partial charge in [-0.25, -0.2) is 23.9 Å². The van der Waals surface area contributed by atoms with Crippen molar-refractivity contribution in [1.82, 2.24) is 25.2 Å². The van der Waals surface area contributed by atoms with Gasteiger partial charge in [0, 0.05) is 37.8 Å². The molecule has 11 heteroatoms. The third-order valence-corrected chi connectivity index (χ3v) is 6.02. The SMILES string of the molecule is CN(C(=O)NCc1cccc(F)c1Cl)[C@H](COC(=O)Nc1cc2ccccc2cn1)Cc1c[nH]cn1. The number of anilines is 1. The molecule has 9 nitrogen and oxygen atoms in total. The van der Waals surface area contributed by atoms with Crippen LogP contribution < -0.4 is 10.6 Å². The van der Waals surface area contributed by atoms with E-state index in [-0.39, 0.29) is 18.2 Å². The van der Waals surface area contributed by atoms with Crippen molar-refractivity contribution < 1.29 is 18.7 Å². The number of likely N-dealkylation sites (N-methyl/N-ethyl adjacent to an activating group) is 1. The van der Waals surface area contributed by atoms with E-state index in [4.69, 9.17) is 16.3 Å². The molecule has 4 aromatic rings. The molecular formula is C25H24ClFN6O3. The van der Waals surface area contributed by atoms with Crippen LogP contribution in [0.5, 0.6) is 0 Å². The molecule has 2 aromatic carbocycles. The minimum absolute atomic E-state index is 0.0316. The van der Waals surface area contributed by atoms with Gasteiger partial charge in [0.1, 0.15) is 18.2 Å². The number of hydrogen-bond donors (Lipinski definition) is 3. The van der Waals surface area contributed by atoms with Gasteiger partial charge in [0.25, 0.3) is 0 Å². The molecule has 4 rings (SSSR count). The predicted molar refractivity (Wildman–Crippen MR) is 134 cm³/mol. The maximum atomic E-state index is 13.7. The first-order valence-electron chi connectivity index (χ1n) is 11.1. The summed E-state index contributed by atoms with van der Waals surface area (Å²) in [4.78, 5) is 38.0. The number of ether oxygens (including phenoxy) is 1. The summed E-state index contributed by atoms with van der Waals surface area (Å²) in [6.07, 6.45) is 4.51. The third-order valence-electron chi connectivity index (χ3n) is 5.60. The van der Waals surface area contributed by atoms with Crippen LogP contribution in [-0.4, -0.2) is 51.7 Å². The molecule has 0 unspecified atom stereocenters. The normalized spacial score (nSPS) is 11.6. The molecule has 3 N–H and O–H groups in total. The number of nitrogens with one attached hydrogen (secondary N) is 3. The van der Waals surface area contributed by atoms with Crippen molar-refractivity contribution in [3.05, 3.63) is 89.3 Å². The Labute approximate surface area is 211 Å². The van der Waals surface area contributed by atoms with Crippen LogP contribution in [0.1, 0.15) is 11.3 Å². The lowest BCUT2D eigenvalue weighted by Crippen LogP contribution is -2.47. The summed E-state index contributed by atoms with van der Waals surface area (Å²) in [5, 5.41) is 7.15. The molecule has 36 heavy (non-hydrogen) atoms. The maximum Gasteiger partial charge on any atom is 0.412 e. The number of aromatic nitrogens is 3. The number of fused-ring (bicyclic) bond motifs is 1. The van der Waals surface area contributed by atoms with E-state index in [1.54, 1.807) is 31.6 Å². The van der Waals surface area contributed by atoms with Gasteiger partial charge in [0.2, 0.25) is 0 Å². The first kappa shape index (κ1) is 24.9. The first-order chi connectivity index (χ1) is 17.4. The second-order valence-corrected chi connectivity index (χ2v) is 8.42. The van der Waals surface area contributed by atoms with Crippen LogP contribution in [0.4, 0.5) is 19.8 Å². The van der Waals surface area contributed by atoms with Gasteiger partial charge in [-0.2, -0.15) is 0 Å². The highest BCUT2D eigenvalue weighted by Crippen LogP contribution is 2.20. The van der Waals surface area contributed by atoms with Crippen molar-refractivity contribution in [2.24, 2.45) is 0 Å². The molecule has 0 fully saturated rings.